The van der Waals surface area contributed by atoms with Gasteiger partial charge in [-0.2, -0.15) is 0 Å². The van der Waals surface area contributed by atoms with Crippen molar-refractivity contribution in [2.45, 2.75) is 6.92 Å². The Morgan fingerprint density at radius 2 is 2.12 bits per heavy atom. The van der Waals surface area contributed by atoms with E-state index in [1.54, 1.807) is 19.1 Å². The molecule has 0 unspecified atom stereocenters. The zero-order valence-corrected chi connectivity index (χ0v) is 10.5. The summed E-state index contributed by atoms with van der Waals surface area (Å²) in [6.45, 7) is 1.60. The largest absolute Gasteiger partial charge is 0.444 e. The van der Waals surface area contributed by atoms with Gasteiger partial charge in [0.1, 0.15) is 5.82 Å². The maximum absolute atomic E-state index is 13.3. The molecule has 1 N–H and O–H groups in total. The summed E-state index contributed by atoms with van der Waals surface area (Å²) in [4.78, 5) is 11.7. The predicted octanol–water partition coefficient (Wildman–Crippen LogP) is 3.74. The molecule has 3 nitrogen and oxygen atoms in total. The normalized spacial score (nSPS) is 10.3. The van der Waals surface area contributed by atoms with Crippen molar-refractivity contribution in [1.29, 1.82) is 0 Å². The standard InChI is InChI=1S/C12H9BrFNO2/c1-7-8(14)3-2-4-9(7)15-12(16)10-5-6-11(13)17-10/h2-6H,1H3,(H,15,16). The molecule has 0 aliphatic carbocycles. The van der Waals surface area contributed by atoms with Crippen molar-refractivity contribution in [2.24, 2.45) is 0 Å². The van der Waals surface area contributed by atoms with E-state index in [1.165, 1.54) is 18.2 Å². The molecule has 0 aliphatic rings. The van der Waals surface area contributed by atoms with Crippen LogP contribution in [0.1, 0.15) is 16.1 Å². The lowest BCUT2D eigenvalue weighted by molar-refractivity contribution is 0.0995. The number of halogens is 2. The van der Waals surface area contributed by atoms with Gasteiger partial charge in [0, 0.05) is 11.3 Å². The molecule has 1 heterocycles. The fraction of sp³-hybridized carbons (Fsp3) is 0.0833. The molecule has 2 rings (SSSR count). The third kappa shape index (κ3) is 2.55. The average molecular weight is 298 g/mol. The number of benzene rings is 1. The SMILES string of the molecule is Cc1c(F)cccc1NC(=O)c1ccc(Br)o1. The van der Waals surface area contributed by atoms with Crippen LogP contribution < -0.4 is 5.32 Å². The highest BCUT2D eigenvalue weighted by Crippen LogP contribution is 2.20. The van der Waals surface area contributed by atoms with Crippen molar-refractivity contribution in [3.05, 3.63) is 52.1 Å². The molecule has 0 atom stereocenters. The van der Waals surface area contributed by atoms with Gasteiger partial charge in [-0.3, -0.25) is 4.79 Å². The summed E-state index contributed by atoms with van der Waals surface area (Å²) in [5.41, 5.74) is 0.828. The molecule has 0 bridgehead atoms. The van der Waals surface area contributed by atoms with Gasteiger partial charge in [-0.15, -0.1) is 0 Å². The van der Waals surface area contributed by atoms with Crippen LogP contribution in [0.2, 0.25) is 0 Å². The molecule has 0 saturated carbocycles. The first kappa shape index (κ1) is 11.9. The number of hydrogen-bond donors (Lipinski definition) is 1. The lowest BCUT2D eigenvalue weighted by Crippen LogP contribution is -2.12. The smallest absolute Gasteiger partial charge is 0.291 e. The van der Waals surface area contributed by atoms with Crippen molar-refractivity contribution in [3.63, 3.8) is 0 Å². The summed E-state index contributed by atoms with van der Waals surface area (Å²) in [5.74, 6) is -0.603. The van der Waals surface area contributed by atoms with Crippen LogP contribution in [0.4, 0.5) is 10.1 Å². The Morgan fingerprint density at radius 3 is 2.76 bits per heavy atom. The molecule has 1 amide bonds. The molecule has 1 aromatic carbocycles. The molecule has 2 aromatic rings. The van der Waals surface area contributed by atoms with Gasteiger partial charge in [-0.1, -0.05) is 6.07 Å². The Kier molecular flexibility index (Phi) is 3.28. The van der Waals surface area contributed by atoms with Crippen LogP contribution in [0.25, 0.3) is 0 Å². The molecule has 17 heavy (non-hydrogen) atoms. The Bertz CT molecular complexity index is 565. The minimum Gasteiger partial charge on any atom is -0.444 e. The number of furan rings is 1. The Balaban J connectivity index is 2.21. The van der Waals surface area contributed by atoms with Crippen LogP contribution in [0.5, 0.6) is 0 Å². The Morgan fingerprint density at radius 1 is 1.35 bits per heavy atom. The number of hydrogen-bond acceptors (Lipinski definition) is 2. The third-order valence-electron chi connectivity index (χ3n) is 2.31. The molecular formula is C12H9BrFNO2. The highest BCUT2D eigenvalue weighted by molar-refractivity contribution is 9.10. The highest BCUT2D eigenvalue weighted by atomic mass is 79.9. The van der Waals surface area contributed by atoms with Gasteiger partial charge in [-0.05, 0) is 47.1 Å². The molecule has 88 valence electrons. The van der Waals surface area contributed by atoms with Gasteiger partial charge in [-0.25, -0.2) is 4.39 Å². The molecule has 0 radical (unpaired) electrons. The van der Waals surface area contributed by atoms with Gasteiger partial charge in [0.05, 0.1) is 0 Å². The summed E-state index contributed by atoms with van der Waals surface area (Å²) in [6, 6.07) is 7.67. The molecule has 0 saturated heterocycles. The fourth-order valence-corrected chi connectivity index (χ4v) is 1.67. The lowest BCUT2D eigenvalue weighted by atomic mass is 10.2. The molecule has 0 spiro atoms. The number of carbonyl (C=O) groups is 1. The predicted molar refractivity (Wildman–Crippen MR) is 65.5 cm³/mol. The lowest BCUT2D eigenvalue weighted by Gasteiger charge is -2.07. The van der Waals surface area contributed by atoms with E-state index >= 15 is 0 Å². The van der Waals surface area contributed by atoms with Gasteiger partial charge >= 0.3 is 0 Å². The Labute approximate surface area is 106 Å². The third-order valence-corrected chi connectivity index (χ3v) is 2.74. The first-order valence-corrected chi connectivity index (χ1v) is 5.69. The zero-order valence-electron chi connectivity index (χ0n) is 8.96. The maximum Gasteiger partial charge on any atom is 0.291 e. The molecule has 5 heteroatoms. The van der Waals surface area contributed by atoms with Crippen LogP contribution in [0.15, 0.2) is 39.4 Å². The van der Waals surface area contributed by atoms with Crippen LogP contribution in [0.3, 0.4) is 0 Å². The van der Waals surface area contributed by atoms with Crippen molar-refractivity contribution < 1.29 is 13.6 Å². The number of nitrogens with one attached hydrogen (secondary N) is 1. The number of carbonyl (C=O) groups excluding carboxylic acids is 1. The van der Waals surface area contributed by atoms with Crippen LogP contribution in [0, 0.1) is 12.7 Å². The van der Waals surface area contributed by atoms with Crippen molar-refractivity contribution in [2.75, 3.05) is 5.32 Å². The van der Waals surface area contributed by atoms with E-state index in [1.807, 2.05) is 0 Å². The van der Waals surface area contributed by atoms with E-state index in [2.05, 4.69) is 21.2 Å². The van der Waals surface area contributed by atoms with Crippen LogP contribution in [-0.4, -0.2) is 5.91 Å². The monoisotopic (exact) mass is 297 g/mol. The second kappa shape index (κ2) is 4.71. The minimum atomic E-state index is -0.413. The van der Waals surface area contributed by atoms with E-state index < -0.39 is 5.91 Å². The molecule has 0 fully saturated rings. The number of rotatable bonds is 2. The summed E-state index contributed by atoms with van der Waals surface area (Å²) in [6.07, 6.45) is 0. The first-order valence-electron chi connectivity index (χ1n) is 4.90. The molecule has 1 aromatic heterocycles. The number of amides is 1. The molecule has 0 aliphatic heterocycles. The zero-order chi connectivity index (χ0) is 12.4. The highest BCUT2D eigenvalue weighted by Gasteiger charge is 2.12. The second-order valence-electron chi connectivity index (χ2n) is 3.47. The fourth-order valence-electron chi connectivity index (χ4n) is 1.36. The molecular weight excluding hydrogens is 289 g/mol. The van der Waals surface area contributed by atoms with Gasteiger partial charge in [0.15, 0.2) is 10.4 Å². The van der Waals surface area contributed by atoms with Crippen LogP contribution in [-0.2, 0) is 0 Å². The topological polar surface area (TPSA) is 42.2 Å². The van der Waals surface area contributed by atoms with Crippen LogP contribution >= 0.6 is 15.9 Å². The Hall–Kier alpha value is -1.62. The summed E-state index contributed by atoms with van der Waals surface area (Å²) >= 11 is 3.11. The van der Waals surface area contributed by atoms with E-state index in [9.17, 15) is 9.18 Å². The minimum absolute atomic E-state index is 0.167. The summed E-state index contributed by atoms with van der Waals surface area (Å²) in [7, 11) is 0. The quantitative estimate of drug-likeness (QED) is 0.917. The van der Waals surface area contributed by atoms with Gasteiger partial charge < -0.3 is 9.73 Å². The first-order chi connectivity index (χ1) is 8.08. The number of anilines is 1. The summed E-state index contributed by atoms with van der Waals surface area (Å²) in [5, 5.41) is 2.59. The van der Waals surface area contributed by atoms with Crippen molar-refractivity contribution >= 4 is 27.5 Å². The van der Waals surface area contributed by atoms with E-state index in [4.69, 9.17) is 4.42 Å². The maximum atomic E-state index is 13.3. The van der Waals surface area contributed by atoms with Crippen molar-refractivity contribution in [1.82, 2.24) is 0 Å². The van der Waals surface area contributed by atoms with Crippen molar-refractivity contribution in [3.8, 4) is 0 Å². The van der Waals surface area contributed by atoms with E-state index in [0.29, 0.717) is 15.9 Å². The summed E-state index contributed by atoms with van der Waals surface area (Å²) < 4.78 is 18.8. The van der Waals surface area contributed by atoms with Gasteiger partial charge in [0.25, 0.3) is 5.91 Å². The van der Waals surface area contributed by atoms with E-state index in [0.717, 1.165) is 0 Å². The van der Waals surface area contributed by atoms with E-state index in [-0.39, 0.29) is 11.6 Å². The van der Waals surface area contributed by atoms with Gasteiger partial charge in [0.2, 0.25) is 0 Å². The second-order valence-corrected chi connectivity index (χ2v) is 4.25. The average Bonchev–Trinajstić information content (AvgIpc) is 2.72.